The third kappa shape index (κ3) is 3.17. The molecular weight excluding hydrogens is 208 g/mol. The monoisotopic (exact) mass is 232 g/mol. The number of aliphatic hydroxyl groups excluding tert-OH is 1. The number of methoxy groups -OCH3 is 1. The molecule has 0 aromatic heterocycles. The first-order valence-electron chi connectivity index (χ1n) is 5.95. The van der Waals surface area contributed by atoms with Gasteiger partial charge >= 0.3 is 0 Å². The van der Waals surface area contributed by atoms with Crippen molar-refractivity contribution in [2.24, 2.45) is 5.92 Å². The maximum atomic E-state index is 10.0. The Hall–Kier alpha value is -0.160. The van der Waals surface area contributed by atoms with E-state index in [1.54, 1.807) is 7.11 Å². The van der Waals surface area contributed by atoms with E-state index in [1.165, 1.54) is 0 Å². The lowest BCUT2D eigenvalue weighted by Gasteiger charge is -2.42. The Morgan fingerprint density at radius 2 is 1.81 bits per heavy atom. The lowest BCUT2D eigenvalue weighted by molar-refractivity contribution is -0.234. The van der Waals surface area contributed by atoms with Crippen LogP contribution in [0.4, 0.5) is 0 Å². The molecule has 2 unspecified atom stereocenters. The Kier molecular flexibility index (Phi) is 5.18. The highest BCUT2D eigenvalue weighted by atomic mass is 16.6. The zero-order valence-electron chi connectivity index (χ0n) is 10.8. The van der Waals surface area contributed by atoms with Crippen LogP contribution in [0.25, 0.3) is 0 Å². The lowest BCUT2D eigenvalue weighted by Crippen LogP contribution is -2.57. The standard InChI is InChI=1S/C12H24O4/c1-7(2)6-15-12-10(13)8(3)16-9(4)11(12)14-5/h7-13H,6H2,1-5H3/t8?,9-,10-,11?,12+/m0/s1. The van der Waals surface area contributed by atoms with E-state index < -0.39 is 6.10 Å². The maximum Gasteiger partial charge on any atom is 0.115 e. The molecule has 0 spiro atoms. The van der Waals surface area contributed by atoms with Gasteiger partial charge in [-0.05, 0) is 19.8 Å². The van der Waals surface area contributed by atoms with E-state index in [-0.39, 0.29) is 24.4 Å². The van der Waals surface area contributed by atoms with Gasteiger partial charge in [-0.3, -0.25) is 0 Å². The van der Waals surface area contributed by atoms with Gasteiger partial charge in [0.15, 0.2) is 0 Å². The molecule has 1 aliphatic rings. The second-order valence-electron chi connectivity index (χ2n) is 4.93. The third-order valence-electron chi connectivity index (χ3n) is 2.93. The van der Waals surface area contributed by atoms with Gasteiger partial charge in [0.1, 0.15) is 18.3 Å². The summed E-state index contributed by atoms with van der Waals surface area (Å²) in [5.74, 6) is 0.443. The third-order valence-corrected chi connectivity index (χ3v) is 2.93. The summed E-state index contributed by atoms with van der Waals surface area (Å²) in [5, 5.41) is 10.0. The summed E-state index contributed by atoms with van der Waals surface area (Å²) in [6, 6.07) is 0. The summed E-state index contributed by atoms with van der Waals surface area (Å²) >= 11 is 0. The lowest BCUT2D eigenvalue weighted by atomic mass is 9.96. The Balaban J connectivity index is 2.65. The van der Waals surface area contributed by atoms with Crippen molar-refractivity contribution < 1.29 is 19.3 Å². The van der Waals surface area contributed by atoms with Crippen LogP contribution in [0.5, 0.6) is 0 Å². The fourth-order valence-electron chi connectivity index (χ4n) is 2.05. The van der Waals surface area contributed by atoms with Crippen LogP contribution in [-0.2, 0) is 14.2 Å². The van der Waals surface area contributed by atoms with Gasteiger partial charge in [-0.25, -0.2) is 0 Å². The minimum absolute atomic E-state index is 0.0550. The molecule has 0 bridgehead atoms. The highest BCUT2D eigenvalue weighted by molar-refractivity contribution is 4.91. The van der Waals surface area contributed by atoms with Gasteiger partial charge in [0, 0.05) is 13.7 Å². The molecule has 0 radical (unpaired) electrons. The van der Waals surface area contributed by atoms with E-state index in [0.717, 1.165) is 0 Å². The molecule has 1 saturated heterocycles. The van der Waals surface area contributed by atoms with Crippen molar-refractivity contribution in [2.45, 2.75) is 58.2 Å². The fraction of sp³-hybridized carbons (Fsp3) is 1.00. The van der Waals surface area contributed by atoms with Gasteiger partial charge in [0.2, 0.25) is 0 Å². The zero-order valence-corrected chi connectivity index (χ0v) is 10.8. The van der Waals surface area contributed by atoms with Crippen LogP contribution in [0.15, 0.2) is 0 Å². The van der Waals surface area contributed by atoms with Crippen molar-refractivity contribution in [1.82, 2.24) is 0 Å². The first-order chi connectivity index (χ1) is 7.47. The number of ether oxygens (including phenoxy) is 3. The molecule has 4 nitrogen and oxygen atoms in total. The molecule has 0 amide bonds. The van der Waals surface area contributed by atoms with Crippen LogP contribution in [-0.4, -0.2) is 49.3 Å². The Morgan fingerprint density at radius 3 is 2.31 bits per heavy atom. The molecule has 0 aliphatic carbocycles. The van der Waals surface area contributed by atoms with Gasteiger partial charge in [0.05, 0.1) is 12.2 Å². The number of hydrogen-bond acceptors (Lipinski definition) is 4. The first kappa shape index (κ1) is 13.9. The van der Waals surface area contributed by atoms with Crippen LogP contribution in [0.2, 0.25) is 0 Å². The van der Waals surface area contributed by atoms with E-state index in [4.69, 9.17) is 14.2 Å². The van der Waals surface area contributed by atoms with Crippen molar-refractivity contribution in [3.8, 4) is 0 Å². The minimum Gasteiger partial charge on any atom is -0.388 e. The Bertz CT molecular complexity index is 207. The van der Waals surface area contributed by atoms with Crippen LogP contribution in [0.3, 0.4) is 0 Å². The van der Waals surface area contributed by atoms with Crippen molar-refractivity contribution in [3.05, 3.63) is 0 Å². The number of hydrogen-bond donors (Lipinski definition) is 1. The second kappa shape index (κ2) is 5.96. The Morgan fingerprint density at radius 1 is 1.19 bits per heavy atom. The normalized spacial score (nSPS) is 40.3. The van der Waals surface area contributed by atoms with Crippen molar-refractivity contribution >= 4 is 0 Å². The smallest absolute Gasteiger partial charge is 0.115 e. The average Bonchev–Trinajstić information content (AvgIpc) is 2.20. The maximum absolute atomic E-state index is 10.0. The van der Waals surface area contributed by atoms with Gasteiger partial charge in [-0.1, -0.05) is 13.8 Å². The minimum atomic E-state index is -0.625. The Labute approximate surface area is 97.9 Å². The molecule has 4 heteroatoms. The van der Waals surface area contributed by atoms with E-state index in [1.807, 2.05) is 13.8 Å². The van der Waals surface area contributed by atoms with E-state index in [0.29, 0.717) is 12.5 Å². The fourth-order valence-corrected chi connectivity index (χ4v) is 2.05. The van der Waals surface area contributed by atoms with Crippen LogP contribution in [0, 0.1) is 5.92 Å². The molecule has 0 aromatic rings. The predicted molar refractivity (Wildman–Crippen MR) is 61.4 cm³/mol. The quantitative estimate of drug-likeness (QED) is 0.791. The molecule has 1 rings (SSSR count). The summed E-state index contributed by atoms with van der Waals surface area (Å²) in [4.78, 5) is 0. The van der Waals surface area contributed by atoms with E-state index in [2.05, 4.69) is 13.8 Å². The summed E-state index contributed by atoms with van der Waals surface area (Å²) < 4.78 is 16.7. The van der Waals surface area contributed by atoms with Gasteiger partial charge < -0.3 is 19.3 Å². The molecule has 0 saturated carbocycles. The SMILES string of the molecule is COC1[C@H](C)OC(C)[C@H](O)[C@H]1OCC(C)C. The van der Waals surface area contributed by atoms with Crippen molar-refractivity contribution in [3.63, 3.8) is 0 Å². The first-order valence-corrected chi connectivity index (χ1v) is 5.95. The largest absolute Gasteiger partial charge is 0.388 e. The van der Waals surface area contributed by atoms with E-state index in [9.17, 15) is 5.11 Å². The van der Waals surface area contributed by atoms with Crippen molar-refractivity contribution in [1.29, 1.82) is 0 Å². The van der Waals surface area contributed by atoms with Crippen LogP contribution in [0.1, 0.15) is 27.7 Å². The van der Waals surface area contributed by atoms with Gasteiger partial charge in [0.25, 0.3) is 0 Å². The second-order valence-corrected chi connectivity index (χ2v) is 4.93. The highest BCUT2D eigenvalue weighted by Crippen LogP contribution is 2.25. The van der Waals surface area contributed by atoms with Crippen molar-refractivity contribution in [2.75, 3.05) is 13.7 Å². The molecule has 1 fully saturated rings. The van der Waals surface area contributed by atoms with Gasteiger partial charge in [-0.2, -0.15) is 0 Å². The summed E-state index contributed by atoms with van der Waals surface area (Å²) in [7, 11) is 1.62. The van der Waals surface area contributed by atoms with Gasteiger partial charge in [-0.15, -0.1) is 0 Å². The predicted octanol–water partition coefficient (Wildman–Crippen LogP) is 1.21. The molecule has 1 heterocycles. The van der Waals surface area contributed by atoms with Crippen LogP contribution < -0.4 is 0 Å². The highest BCUT2D eigenvalue weighted by Gasteiger charge is 2.42. The molecule has 0 aromatic carbocycles. The number of rotatable bonds is 4. The molecule has 16 heavy (non-hydrogen) atoms. The topological polar surface area (TPSA) is 47.9 Å². The zero-order chi connectivity index (χ0) is 12.3. The number of aliphatic hydroxyl groups is 1. The molecule has 1 aliphatic heterocycles. The molecule has 5 atom stereocenters. The summed E-state index contributed by atoms with van der Waals surface area (Å²) in [5.41, 5.74) is 0. The molecular formula is C12H24O4. The average molecular weight is 232 g/mol. The van der Waals surface area contributed by atoms with Crippen LogP contribution >= 0.6 is 0 Å². The van der Waals surface area contributed by atoms with E-state index >= 15 is 0 Å². The molecule has 96 valence electrons. The molecule has 1 N–H and O–H groups in total. The summed E-state index contributed by atoms with van der Waals surface area (Å²) in [6.45, 7) is 8.60. The summed E-state index contributed by atoms with van der Waals surface area (Å²) in [6.07, 6.45) is -1.39.